The highest BCUT2D eigenvalue weighted by Crippen LogP contribution is 2.25. The van der Waals surface area contributed by atoms with E-state index in [9.17, 15) is 4.79 Å². The lowest BCUT2D eigenvalue weighted by Gasteiger charge is -2.21. The molecule has 1 fully saturated rings. The van der Waals surface area contributed by atoms with Crippen molar-refractivity contribution in [1.82, 2.24) is 10.6 Å². The van der Waals surface area contributed by atoms with E-state index in [0.717, 1.165) is 24.3 Å². The number of para-hydroxylation sites is 1. The van der Waals surface area contributed by atoms with Crippen molar-refractivity contribution in [3.8, 4) is 5.75 Å². The van der Waals surface area contributed by atoms with E-state index in [-0.39, 0.29) is 18.0 Å². The average Bonchev–Trinajstić information content (AvgIpc) is 2.85. The van der Waals surface area contributed by atoms with Gasteiger partial charge in [0.1, 0.15) is 5.75 Å². The Kier molecular flexibility index (Phi) is 4.43. The van der Waals surface area contributed by atoms with Gasteiger partial charge in [-0.2, -0.15) is 0 Å². The molecule has 0 radical (unpaired) electrons. The van der Waals surface area contributed by atoms with Crippen LogP contribution >= 0.6 is 0 Å². The van der Waals surface area contributed by atoms with Gasteiger partial charge < -0.3 is 15.4 Å². The zero-order chi connectivity index (χ0) is 13.8. The number of benzene rings is 1. The molecule has 19 heavy (non-hydrogen) atoms. The molecule has 4 nitrogen and oxygen atoms in total. The minimum Gasteiger partial charge on any atom is -0.496 e. The zero-order valence-electron chi connectivity index (χ0n) is 11.8. The summed E-state index contributed by atoms with van der Waals surface area (Å²) in [6.07, 6.45) is 1.06. The second-order valence-corrected chi connectivity index (χ2v) is 5.17. The molecule has 0 saturated carbocycles. The van der Waals surface area contributed by atoms with Crippen molar-refractivity contribution in [2.45, 2.75) is 32.4 Å². The maximum Gasteiger partial charge on any atom is 0.237 e. The predicted octanol–water partition coefficient (Wildman–Crippen LogP) is 1.87. The van der Waals surface area contributed by atoms with Crippen LogP contribution in [0.4, 0.5) is 0 Å². The molecule has 2 N–H and O–H groups in total. The normalized spacial score (nSPS) is 23.9. The molecule has 1 aromatic rings. The van der Waals surface area contributed by atoms with Gasteiger partial charge in [0.05, 0.1) is 19.2 Å². The molecule has 0 aliphatic carbocycles. The van der Waals surface area contributed by atoms with Crippen LogP contribution in [-0.4, -0.2) is 25.6 Å². The highest BCUT2D eigenvalue weighted by molar-refractivity contribution is 5.82. The number of carbonyl (C=O) groups excluding carboxylic acids is 1. The minimum absolute atomic E-state index is 0.0572. The smallest absolute Gasteiger partial charge is 0.237 e. The predicted molar refractivity (Wildman–Crippen MR) is 75.1 cm³/mol. The molecule has 1 aliphatic heterocycles. The summed E-state index contributed by atoms with van der Waals surface area (Å²) in [6, 6.07) is 7.65. The van der Waals surface area contributed by atoms with Crippen LogP contribution < -0.4 is 15.4 Å². The van der Waals surface area contributed by atoms with Crippen molar-refractivity contribution in [3.63, 3.8) is 0 Å². The Labute approximate surface area is 114 Å². The molecule has 4 heteroatoms. The van der Waals surface area contributed by atoms with Gasteiger partial charge in [-0.1, -0.05) is 25.1 Å². The van der Waals surface area contributed by atoms with E-state index in [2.05, 4.69) is 17.6 Å². The third-order valence-electron chi connectivity index (χ3n) is 3.78. The van der Waals surface area contributed by atoms with Gasteiger partial charge in [0, 0.05) is 5.56 Å². The molecule has 0 spiro atoms. The summed E-state index contributed by atoms with van der Waals surface area (Å²) in [7, 11) is 1.65. The Morgan fingerprint density at radius 2 is 2.21 bits per heavy atom. The second-order valence-electron chi connectivity index (χ2n) is 5.17. The molecule has 1 heterocycles. The minimum atomic E-state index is -0.0721. The molecule has 0 bridgehead atoms. The molecule has 1 aliphatic rings. The molecule has 1 amide bonds. The third kappa shape index (κ3) is 3.07. The van der Waals surface area contributed by atoms with Gasteiger partial charge in [-0.3, -0.25) is 4.79 Å². The highest BCUT2D eigenvalue weighted by Gasteiger charge is 2.30. The van der Waals surface area contributed by atoms with E-state index in [1.807, 2.05) is 31.2 Å². The molecule has 2 unspecified atom stereocenters. The van der Waals surface area contributed by atoms with Crippen LogP contribution in [0, 0.1) is 5.92 Å². The summed E-state index contributed by atoms with van der Waals surface area (Å²) in [5, 5.41) is 6.31. The molecular formula is C15H22N2O2. The lowest BCUT2D eigenvalue weighted by atomic mass is 10.0. The summed E-state index contributed by atoms with van der Waals surface area (Å²) >= 11 is 0. The van der Waals surface area contributed by atoms with Crippen LogP contribution in [0.5, 0.6) is 5.75 Å². The topological polar surface area (TPSA) is 50.4 Å². The first kappa shape index (κ1) is 13.9. The Hall–Kier alpha value is -1.55. The number of hydrogen-bond donors (Lipinski definition) is 2. The zero-order valence-corrected chi connectivity index (χ0v) is 11.8. The summed E-state index contributed by atoms with van der Waals surface area (Å²) < 4.78 is 5.33. The number of rotatable bonds is 4. The fourth-order valence-electron chi connectivity index (χ4n) is 2.59. The molecular weight excluding hydrogens is 240 g/mol. The van der Waals surface area contributed by atoms with Crippen molar-refractivity contribution >= 4 is 5.91 Å². The van der Waals surface area contributed by atoms with Gasteiger partial charge in [0.15, 0.2) is 0 Å². The quantitative estimate of drug-likeness (QED) is 0.871. The first-order chi connectivity index (χ1) is 9.13. The highest BCUT2D eigenvalue weighted by atomic mass is 16.5. The number of nitrogens with one attached hydrogen (secondary N) is 2. The van der Waals surface area contributed by atoms with Crippen LogP contribution in [0.25, 0.3) is 0 Å². The SMILES string of the molecule is COc1ccccc1[C@@H](C)NC(=O)C1NCCC1C. The monoisotopic (exact) mass is 262 g/mol. The van der Waals surface area contributed by atoms with Crippen molar-refractivity contribution in [2.75, 3.05) is 13.7 Å². The van der Waals surface area contributed by atoms with Crippen LogP contribution in [0.15, 0.2) is 24.3 Å². The molecule has 1 aromatic carbocycles. The van der Waals surface area contributed by atoms with Crippen LogP contribution in [0.1, 0.15) is 31.9 Å². The molecule has 3 atom stereocenters. The number of carbonyl (C=O) groups is 1. The Morgan fingerprint density at radius 3 is 2.84 bits per heavy atom. The number of ether oxygens (including phenoxy) is 1. The van der Waals surface area contributed by atoms with Crippen LogP contribution in [-0.2, 0) is 4.79 Å². The largest absolute Gasteiger partial charge is 0.496 e. The number of hydrogen-bond acceptors (Lipinski definition) is 3. The molecule has 0 aromatic heterocycles. The standard InChI is InChI=1S/C15H22N2O2/c1-10-8-9-16-14(10)15(18)17-11(2)12-6-4-5-7-13(12)19-3/h4-7,10-11,14,16H,8-9H2,1-3H3,(H,17,18)/t10?,11-,14?/m1/s1. The van der Waals surface area contributed by atoms with E-state index in [4.69, 9.17) is 4.74 Å². The van der Waals surface area contributed by atoms with Crippen molar-refractivity contribution in [3.05, 3.63) is 29.8 Å². The average molecular weight is 262 g/mol. The Balaban J connectivity index is 2.04. The fourth-order valence-corrected chi connectivity index (χ4v) is 2.59. The Morgan fingerprint density at radius 1 is 1.47 bits per heavy atom. The van der Waals surface area contributed by atoms with Gasteiger partial charge in [-0.25, -0.2) is 0 Å². The maximum absolute atomic E-state index is 12.2. The van der Waals surface area contributed by atoms with E-state index in [1.165, 1.54) is 0 Å². The lowest BCUT2D eigenvalue weighted by Crippen LogP contribution is -2.44. The Bertz CT molecular complexity index is 448. The van der Waals surface area contributed by atoms with E-state index >= 15 is 0 Å². The molecule has 104 valence electrons. The summed E-state index contributed by atoms with van der Waals surface area (Å²) in [6.45, 7) is 5.01. The maximum atomic E-state index is 12.2. The van der Waals surface area contributed by atoms with Crippen LogP contribution in [0.3, 0.4) is 0 Å². The van der Waals surface area contributed by atoms with Gasteiger partial charge >= 0.3 is 0 Å². The summed E-state index contributed by atoms with van der Waals surface area (Å²) in [5.74, 6) is 1.27. The van der Waals surface area contributed by atoms with E-state index in [1.54, 1.807) is 7.11 Å². The number of methoxy groups -OCH3 is 1. The molecule has 2 rings (SSSR count). The van der Waals surface area contributed by atoms with Gasteiger partial charge in [0.25, 0.3) is 0 Å². The summed E-state index contributed by atoms with van der Waals surface area (Å²) in [4.78, 5) is 12.2. The first-order valence-electron chi connectivity index (χ1n) is 6.80. The van der Waals surface area contributed by atoms with Crippen molar-refractivity contribution < 1.29 is 9.53 Å². The number of amides is 1. The van der Waals surface area contributed by atoms with E-state index in [0.29, 0.717) is 5.92 Å². The molecule has 1 saturated heterocycles. The first-order valence-corrected chi connectivity index (χ1v) is 6.80. The second kappa shape index (κ2) is 6.06. The van der Waals surface area contributed by atoms with Crippen molar-refractivity contribution in [1.29, 1.82) is 0 Å². The van der Waals surface area contributed by atoms with Gasteiger partial charge in [0.2, 0.25) is 5.91 Å². The summed E-state index contributed by atoms with van der Waals surface area (Å²) in [5.41, 5.74) is 1.00. The van der Waals surface area contributed by atoms with Gasteiger partial charge in [-0.05, 0) is 31.9 Å². The lowest BCUT2D eigenvalue weighted by molar-refractivity contribution is -0.124. The van der Waals surface area contributed by atoms with Crippen molar-refractivity contribution in [2.24, 2.45) is 5.92 Å². The third-order valence-corrected chi connectivity index (χ3v) is 3.78. The van der Waals surface area contributed by atoms with E-state index < -0.39 is 0 Å². The van der Waals surface area contributed by atoms with Crippen LogP contribution in [0.2, 0.25) is 0 Å². The van der Waals surface area contributed by atoms with Gasteiger partial charge in [-0.15, -0.1) is 0 Å². The fraction of sp³-hybridized carbons (Fsp3) is 0.533.